The molecule has 1 rings (SSSR count). The van der Waals surface area contributed by atoms with E-state index in [4.69, 9.17) is 0 Å². The summed E-state index contributed by atoms with van der Waals surface area (Å²) in [5, 5.41) is 6.11. The standard InChI is InChI=1S/C13H20N2O.ClH/c1-11(2)15-13(16)8-9-14-10-12-6-4-3-5-7-12;/h3-7,11,14H,8-10H2,1-2H3,(H,15,16);1H. The maximum Gasteiger partial charge on any atom is 0.221 e. The van der Waals surface area contributed by atoms with Crippen molar-refractivity contribution in [3.63, 3.8) is 0 Å². The molecule has 0 saturated carbocycles. The Morgan fingerprint density at radius 1 is 1.24 bits per heavy atom. The second-order valence-electron chi connectivity index (χ2n) is 4.13. The average Bonchev–Trinajstić information content (AvgIpc) is 2.25. The molecule has 0 unspecified atom stereocenters. The van der Waals surface area contributed by atoms with Crippen molar-refractivity contribution in [3.05, 3.63) is 35.9 Å². The quantitative estimate of drug-likeness (QED) is 0.766. The highest BCUT2D eigenvalue weighted by Crippen LogP contribution is 1.96. The van der Waals surface area contributed by atoms with Gasteiger partial charge in [-0.2, -0.15) is 0 Å². The minimum atomic E-state index is 0. The zero-order valence-electron chi connectivity index (χ0n) is 10.4. The van der Waals surface area contributed by atoms with Gasteiger partial charge in [0.05, 0.1) is 0 Å². The largest absolute Gasteiger partial charge is 0.354 e. The Hall–Kier alpha value is -1.06. The monoisotopic (exact) mass is 256 g/mol. The number of carbonyl (C=O) groups excluding carboxylic acids is 1. The third kappa shape index (κ3) is 7.77. The van der Waals surface area contributed by atoms with Crippen LogP contribution in [-0.4, -0.2) is 18.5 Å². The summed E-state index contributed by atoms with van der Waals surface area (Å²) in [5.74, 6) is 0.107. The normalized spacial score (nSPS) is 9.82. The molecule has 96 valence electrons. The Labute approximate surface area is 109 Å². The summed E-state index contributed by atoms with van der Waals surface area (Å²) >= 11 is 0. The van der Waals surface area contributed by atoms with Crippen molar-refractivity contribution in [1.29, 1.82) is 0 Å². The summed E-state index contributed by atoms with van der Waals surface area (Å²) in [5.41, 5.74) is 1.24. The van der Waals surface area contributed by atoms with Gasteiger partial charge in [-0.1, -0.05) is 30.3 Å². The Morgan fingerprint density at radius 2 is 1.88 bits per heavy atom. The second-order valence-corrected chi connectivity index (χ2v) is 4.13. The molecule has 0 heterocycles. The van der Waals surface area contributed by atoms with Crippen molar-refractivity contribution in [2.45, 2.75) is 32.9 Å². The molecule has 0 bridgehead atoms. The molecule has 1 aromatic rings. The number of nitrogens with one attached hydrogen (secondary N) is 2. The van der Waals surface area contributed by atoms with Gasteiger partial charge >= 0.3 is 0 Å². The van der Waals surface area contributed by atoms with Crippen LogP contribution in [0.25, 0.3) is 0 Å². The maximum atomic E-state index is 11.3. The summed E-state index contributed by atoms with van der Waals surface area (Å²) in [6.07, 6.45) is 0.533. The Balaban J connectivity index is 0.00000256. The second kappa shape index (κ2) is 9.02. The van der Waals surface area contributed by atoms with Gasteiger partial charge < -0.3 is 10.6 Å². The summed E-state index contributed by atoms with van der Waals surface area (Å²) in [6, 6.07) is 10.4. The van der Waals surface area contributed by atoms with E-state index in [1.165, 1.54) is 5.56 Å². The number of rotatable bonds is 6. The SMILES string of the molecule is CC(C)NC(=O)CCNCc1ccccc1.Cl. The van der Waals surface area contributed by atoms with Crippen LogP contribution < -0.4 is 10.6 Å². The number of hydrogen-bond donors (Lipinski definition) is 2. The summed E-state index contributed by atoms with van der Waals surface area (Å²) < 4.78 is 0. The molecule has 0 spiro atoms. The zero-order valence-corrected chi connectivity index (χ0v) is 11.2. The van der Waals surface area contributed by atoms with E-state index in [1.807, 2.05) is 32.0 Å². The molecule has 0 aliphatic heterocycles. The molecule has 0 aliphatic rings. The fourth-order valence-corrected chi connectivity index (χ4v) is 1.42. The van der Waals surface area contributed by atoms with E-state index >= 15 is 0 Å². The molecule has 4 heteroatoms. The van der Waals surface area contributed by atoms with Crippen molar-refractivity contribution in [2.75, 3.05) is 6.54 Å². The molecule has 1 aromatic carbocycles. The van der Waals surface area contributed by atoms with Crippen LogP contribution in [0.4, 0.5) is 0 Å². The van der Waals surface area contributed by atoms with E-state index < -0.39 is 0 Å². The fourth-order valence-electron chi connectivity index (χ4n) is 1.42. The molecule has 2 N–H and O–H groups in total. The molecule has 0 fully saturated rings. The molecule has 0 aromatic heterocycles. The Bertz CT molecular complexity index is 314. The van der Waals surface area contributed by atoms with Gasteiger partial charge in [0.15, 0.2) is 0 Å². The lowest BCUT2D eigenvalue weighted by atomic mass is 10.2. The van der Waals surface area contributed by atoms with Crippen molar-refractivity contribution in [2.24, 2.45) is 0 Å². The molecule has 0 saturated heterocycles. The highest BCUT2D eigenvalue weighted by Gasteiger charge is 2.01. The van der Waals surface area contributed by atoms with Crippen LogP contribution in [0, 0.1) is 0 Å². The van der Waals surface area contributed by atoms with Gasteiger partial charge in [0.2, 0.25) is 5.91 Å². The van der Waals surface area contributed by atoms with E-state index in [1.54, 1.807) is 0 Å². The molecule has 17 heavy (non-hydrogen) atoms. The van der Waals surface area contributed by atoms with Crippen molar-refractivity contribution in [3.8, 4) is 0 Å². The highest BCUT2D eigenvalue weighted by molar-refractivity contribution is 5.85. The summed E-state index contributed by atoms with van der Waals surface area (Å²) in [6.45, 7) is 5.47. The minimum Gasteiger partial charge on any atom is -0.354 e. The van der Waals surface area contributed by atoms with Gasteiger partial charge in [0.1, 0.15) is 0 Å². The van der Waals surface area contributed by atoms with Crippen molar-refractivity contribution < 1.29 is 4.79 Å². The van der Waals surface area contributed by atoms with Gasteiger partial charge in [0.25, 0.3) is 0 Å². The van der Waals surface area contributed by atoms with E-state index in [0.717, 1.165) is 6.54 Å². The van der Waals surface area contributed by atoms with Gasteiger partial charge in [-0.25, -0.2) is 0 Å². The lowest BCUT2D eigenvalue weighted by Gasteiger charge is -2.08. The predicted molar refractivity (Wildman–Crippen MR) is 73.3 cm³/mol. The number of carbonyl (C=O) groups is 1. The molecule has 1 amide bonds. The first-order chi connectivity index (χ1) is 7.68. The van der Waals surface area contributed by atoms with Crippen molar-refractivity contribution in [1.82, 2.24) is 10.6 Å². The third-order valence-corrected chi connectivity index (χ3v) is 2.15. The average molecular weight is 257 g/mol. The van der Waals surface area contributed by atoms with E-state index in [2.05, 4.69) is 22.8 Å². The molecule has 3 nitrogen and oxygen atoms in total. The van der Waals surface area contributed by atoms with E-state index in [9.17, 15) is 4.79 Å². The van der Waals surface area contributed by atoms with Crippen molar-refractivity contribution >= 4 is 18.3 Å². The Kier molecular flexibility index (Phi) is 8.46. The molecule has 0 radical (unpaired) electrons. The van der Waals surface area contributed by atoms with Gasteiger partial charge in [-0.3, -0.25) is 4.79 Å². The summed E-state index contributed by atoms with van der Waals surface area (Å²) in [7, 11) is 0. The molecular formula is C13H21ClN2O. The number of hydrogen-bond acceptors (Lipinski definition) is 2. The smallest absolute Gasteiger partial charge is 0.221 e. The first kappa shape index (κ1) is 15.9. The van der Waals surface area contributed by atoms with Crippen LogP contribution in [0.2, 0.25) is 0 Å². The molecular weight excluding hydrogens is 236 g/mol. The third-order valence-electron chi connectivity index (χ3n) is 2.15. The molecule has 0 atom stereocenters. The Morgan fingerprint density at radius 3 is 2.47 bits per heavy atom. The zero-order chi connectivity index (χ0) is 11.8. The van der Waals surface area contributed by atoms with Gasteiger partial charge in [0, 0.05) is 25.6 Å². The van der Waals surface area contributed by atoms with Crippen LogP contribution >= 0.6 is 12.4 Å². The number of benzene rings is 1. The lowest BCUT2D eigenvalue weighted by molar-refractivity contribution is -0.121. The fraction of sp³-hybridized carbons (Fsp3) is 0.462. The van der Waals surface area contributed by atoms with E-state index in [-0.39, 0.29) is 24.4 Å². The minimum absolute atomic E-state index is 0. The predicted octanol–water partition coefficient (Wildman–Crippen LogP) is 2.11. The molecule has 0 aliphatic carbocycles. The van der Waals surface area contributed by atoms with Crippen LogP contribution in [0.15, 0.2) is 30.3 Å². The van der Waals surface area contributed by atoms with Crippen LogP contribution in [-0.2, 0) is 11.3 Å². The van der Waals surface area contributed by atoms with Crippen LogP contribution in [0.5, 0.6) is 0 Å². The van der Waals surface area contributed by atoms with Crippen LogP contribution in [0.1, 0.15) is 25.8 Å². The maximum absolute atomic E-state index is 11.3. The first-order valence-corrected chi connectivity index (χ1v) is 5.72. The number of amides is 1. The highest BCUT2D eigenvalue weighted by atomic mass is 35.5. The summed E-state index contributed by atoms with van der Waals surface area (Å²) in [4.78, 5) is 11.3. The first-order valence-electron chi connectivity index (χ1n) is 5.72. The van der Waals surface area contributed by atoms with Gasteiger partial charge in [-0.15, -0.1) is 12.4 Å². The van der Waals surface area contributed by atoms with Crippen LogP contribution in [0.3, 0.4) is 0 Å². The lowest BCUT2D eigenvalue weighted by Crippen LogP contribution is -2.32. The number of halogens is 1. The van der Waals surface area contributed by atoms with Gasteiger partial charge in [-0.05, 0) is 19.4 Å². The van der Waals surface area contributed by atoms with E-state index in [0.29, 0.717) is 13.0 Å². The topological polar surface area (TPSA) is 41.1 Å².